The number of carbonyl (C=O) groups excluding carboxylic acids is 1. The maximum absolute atomic E-state index is 11.6. The van der Waals surface area contributed by atoms with Gasteiger partial charge in [-0.1, -0.05) is 12.1 Å². The van der Waals surface area contributed by atoms with Gasteiger partial charge in [0.05, 0.1) is 10.6 Å². The first-order valence-corrected chi connectivity index (χ1v) is 8.83. The molecule has 6 heteroatoms. The third-order valence-electron chi connectivity index (χ3n) is 3.85. The van der Waals surface area contributed by atoms with Gasteiger partial charge in [0.15, 0.2) is 9.84 Å². The number of nitrogens with zero attached hydrogens (tertiary/aromatic N) is 1. The second kappa shape index (κ2) is 5.37. The largest absolute Gasteiger partial charge is 0.315 e. The summed E-state index contributed by atoms with van der Waals surface area (Å²) in [6.07, 6.45) is 2.34. The maximum atomic E-state index is 11.6. The molecule has 0 spiro atoms. The number of carbonyl (C=O) groups is 1. The molecule has 2 unspecified atom stereocenters. The van der Waals surface area contributed by atoms with Gasteiger partial charge in [-0.15, -0.1) is 11.6 Å². The van der Waals surface area contributed by atoms with E-state index >= 15 is 0 Å². The molecule has 0 aliphatic carbocycles. The maximum Gasteiger partial charge on any atom is 0.227 e. The van der Waals surface area contributed by atoms with Gasteiger partial charge in [0, 0.05) is 25.4 Å². The van der Waals surface area contributed by atoms with Crippen LogP contribution in [0.4, 0.5) is 5.69 Å². The van der Waals surface area contributed by atoms with Crippen molar-refractivity contribution < 1.29 is 13.2 Å². The Kier molecular flexibility index (Phi) is 4.12. The third kappa shape index (κ3) is 2.83. The summed E-state index contributed by atoms with van der Waals surface area (Å²) < 4.78 is 23.2. The number of hydrogen-bond acceptors (Lipinski definition) is 3. The van der Waals surface area contributed by atoms with Gasteiger partial charge in [-0.3, -0.25) is 4.79 Å². The molecule has 0 bridgehead atoms. The van der Waals surface area contributed by atoms with E-state index in [1.54, 1.807) is 24.9 Å². The molecule has 1 heterocycles. The van der Waals surface area contributed by atoms with Crippen LogP contribution in [0.25, 0.3) is 0 Å². The van der Waals surface area contributed by atoms with E-state index in [4.69, 9.17) is 11.6 Å². The van der Waals surface area contributed by atoms with Gasteiger partial charge < -0.3 is 4.90 Å². The molecule has 1 aromatic rings. The molecule has 0 saturated carbocycles. The lowest BCUT2D eigenvalue weighted by Gasteiger charge is -2.27. The van der Waals surface area contributed by atoms with Crippen LogP contribution < -0.4 is 4.90 Å². The van der Waals surface area contributed by atoms with Crippen LogP contribution in [-0.4, -0.2) is 32.9 Å². The summed E-state index contributed by atoms with van der Waals surface area (Å²) in [5, 5.41) is -1.23. The van der Waals surface area contributed by atoms with Gasteiger partial charge in [-0.05, 0) is 30.5 Å². The Balaban J connectivity index is 2.35. The molecule has 1 aliphatic rings. The highest BCUT2D eigenvalue weighted by Crippen LogP contribution is 2.34. The molecule has 2 atom stereocenters. The van der Waals surface area contributed by atoms with Crippen molar-refractivity contribution in [2.24, 2.45) is 0 Å². The van der Waals surface area contributed by atoms with E-state index in [9.17, 15) is 13.2 Å². The zero-order chi connectivity index (χ0) is 15.1. The van der Waals surface area contributed by atoms with Crippen LogP contribution >= 0.6 is 11.6 Å². The molecule has 1 amide bonds. The van der Waals surface area contributed by atoms with Crippen molar-refractivity contribution in [3.05, 3.63) is 29.3 Å². The van der Waals surface area contributed by atoms with Crippen molar-refractivity contribution in [1.82, 2.24) is 0 Å². The van der Waals surface area contributed by atoms with Crippen molar-refractivity contribution in [3.63, 3.8) is 0 Å². The summed E-state index contributed by atoms with van der Waals surface area (Å²) in [7, 11) is -1.44. The number of alkyl halides is 1. The number of aryl methyl sites for hydroxylation is 1. The van der Waals surface area contributed by atoms with Crippen molar-refractivity contribution >= 4 is 33.0 Å². The summed E-state index contributed by atoms with van der Waals surface area (Å²) in [4.78, 5) is 13.3. The summed E-state index contributed by atoms with van der Waals surface area (Å²) in [6, 6.07) is 5.55. The van der Waals surface area contributed by atoms with Crippen molar-refractivity contribution in [3.8, 4) is 0 Å². The predicted octanol–water partition coefficient (Wildman–Crippen LogP) is 2.31. The standard InChI is InChI=1S/C14H18ClNO3S/c1-9(20(3,18)19)14(15)11-4-6-12-10(8-11)5-7-13(17)16(12)2/h4,6,8-9,14H,5,7H2,1-3H3. The van der Waals surface area contributed by atoms with Gasteiger partial charge in [-0.2, -0.15) is 0 Å². The molecule has 1 aromatic carbocycles. The monoisotopic (exact) mass is 315 g/mol. The number of anilines is 1. The Morgan fingerprint density at radius 3 is 2.55 bits per heavy atom. The normalized spacial score (nSPS) is 18.6. The van der Waals surface area contributed by atoms with E-state index in [0.717, 1.165) is 16.8 Å². The molecule has 0 saturated heterocycles. The fourth-order valence-corrected chi connectivity index (χ4v) is 3.62. The van der Waals surface area contributed by atoms with E-state index < -0.39 is 20.5 Å². The topological polar surface area (TPSA) is 54.5 Å². The van der Waals surface area contributed by atoms with Crippen molar-refractivity contribution in [2.45, 2.75) is 30.4 Å². The molecule has 110 valence electrons. The van der Waals surface area contributed by atoms with Gasteiger partial charge in [0.1, 0.15) is 0 Å². The van der Waals surface area contributed by atoms with E-state index in [1.165, 1.54) is 6.26 Å². The lowest BCUT2D eigenvalue weighted by atomic mass is 9.97. The minimum atomic E-state index is -3.19. The number of benzene rings is 1. The molecule has 1 aliphatic heterocycles. The summed E-state index contributed by atoms with van der Waals surface area (Å²) >= 11 is 6.29. The Morgan fingerprint density at radius 1 is 1.30 bits per heavy atom. The van der Waals surface area contributed by atoms with Gasteiger partial charge >= 0.3 is 0 Å². The third-order valence-corrected chi connectivity index (χ3v) is 6.26. The van der Waals surface area contributed by atoms with Crippen LogP contribution in [0, 0.1) is 0 Å². The first-order valence-electron chi connectivity index (χ1n) is 6.44. The Hall–Kier alpha value is -1.07. The average molecular weight is 316 g/mol. The highest BCUT2D eigenvalue weighted by atomic mass is 35.5. The molecule has 0 aromatic heterocycles. The van der Waals surface area contributed by atoms with Crippen LogP contribution in [0.2, 0.25) is 0 Å². The fourth-order valence-electron chi connectivity index (χ4n) is 2.34. The molecule has 20 heavy (non-hydrogen) atoms. The number of hydrogen-bond donors (Lipinski definition) is 0. The molecule has 4 nitrogen and oxygen atoms in total. The Morgan fingerprint density at radius 2 is 1.95 bits per heavy atom. The average Bonchev–Trinajstić information content (AvgIpc) is 2.40. The Labute approximate surface area is 124 Å². The quantitative estimate of drug-likeness (QED) is 0.804. The first-order chi connectivity index (χ1) is 9.21. The number of fused-ring (bicyclic) bond motifs is 1. The minimum absolute atomic E-state index is 0.0946. The molecule has 2 rings (SSSR count). The second-order valence-electron chi connectivity index (χ2n) is 5.28. The molecular weight excluding hydrogens is 298 g/mol. The van der Waals surface area contributed by atoms with Crippen LogP contribution in [0.3, 0.4) is 0 Å². The van der Waals surface area contributed by atoms with Gasteiger partial charge in [0.2, 0.25) is 5.91 Å². The smallest absolute Gasteiger partial charge is 0.227 e. The van der Waals surface area contributed by atoms with Crippen molar-refractivity contribution in [1.29, 1.82) is 0 Å². The number of rotatable bonds is 3. The predicted molar refractivity (Wildman–Crippen MR) is 81.1 cm³/mol. The van der Waals surface area contributed by atoms with Crippen LogP contribution in [-0.2, 0) is 21.1 Å². The van der Waals surface area contributed by atoms with E-state index in [-0.39, 0.29) is 5.91 Å². The first kappa shape index (κ1) is 15.3. The van der Waals surface area contributed by atoms with Crippen molar-refractivity contribution in [2.75, 3.05) is 18.2 Å². The molecule has 0 fully saturated rings. The summed E-state index contributed by atoms with van der Waals surface area (Å²) in [5.41, 5.74) is 2.70. The number of amides is 1. The SMILES string of the molecule is CC(C(Cl)c1ccc2c(c1)CCC(=O)N2C)S(C)(=O)=O. The zero-order valence-electron chi connectivity index (χ0n) is 11.8. The van der Waals surface area contributed by atoms with Gasteiger partial charge in [0.25, 0.3) is 0 Å². The second-order valence-corrected chi connectivity index (χ2v) is 8.15. The molecule has 0 radical (unpaired) electrons. The minimum Gasteiger partial charge on any atom is -0.315 e. The number of halogens is 1. The lowest BCUT2D eigenvalue weighted by molar-refractivity contribution is -0.118. The lowest BCUT2D eigenvalue weighted by Crippen LogP contribution is -2.31. The summed E-state index contributed by atoms with van der Waals surface area (Å²) in [6.45, 7) is 1.61. The Bertz CT molecular complexity index is 642. The van der Waals surface area contributed by atoms with E-state index in [0.29, 0.717) is 12.8 Å². The zero-order valence-corrected chi connectivity index (χ0v) is 13.3. The fraction of sp³-hybridized carbons (Fsp3) is 0.500. The van der Waals surface area contributed by atoms with Gasteiger partial charge in [-0.25, -0.2) is 8.42 Å². The summed E-state index contributed by atoms with van der Waals surface area (Å²) in [5.74, 6) is 0.0946. The highest BCUT2D eigenvalue weighted by molar-refractivity contribution is 7.91. The molecule has 0 N–H and O–H groups in total. The molecular formula is C14H18ClNO3S. The highest BCUT2D eigenvalue weighted by Gasteiger charge is 2.27. The van der Waals surface area contributed by atoms with E-state index in [2.05, 4.69) is 0 Å². The number of sulfone groups is 1. The van der Waals surface area contributed by atoms with E-state index in [1.807, 2.05) is 12.1 Å². The van der Waals surface area contributed by atoms with Crippen LogP contribution in [0.1, 0.15) is 29.8 Å². The van der Waals surface area contributed by atoms with Crippen LogP contribution in [0.5, 0.6) is 0 Å². The van der Waals surface area contributed by atoms with Crippen LogP contribution in [0.15, 0.2) is 18.2 Å².